The molecule has 0 fully saturated rings. The molecule has 0 radical (unpaired) electrons. The van der Waals surface area contributed by atoms with Gasteiger partial charge in [-0.05, 0) is 22.3 Å². The van der Waals surface area contributed by atoms with Crippen molar-refractivity contribution in [1.82, 2.24) is 0 Å². The Morgan fingerprint density at radius 3 is 1.65 bits per heavy atom. The van der Waals surface area contributed by atoms with Crippen molar-refractivity contribution < 1.29 is 21.7 Å². The van der Waals surface area contributed by atoms with Crippen LogP contribution in [-0.4, -0.2) is 10.8 Å². The van der Waals surface area contributed by atoms with E-state index in [-0.39, 0.29) is 33.6 Å². The summed E-state index contributed by atoms with van der Waals surface area (Å²) in [5.41, 5.74) is 5.04. The van der Waals surface area contributed by atoms with E-state index in [9.17, 15) is 0 Å². The Labute approximate surface area is 162 Å². The molecule has 0 bridgehead atoms. The van der Waals surface area contributed by atoms with Gasteiger partial charge in [-0.15, -0.1) is 23.2 Å². The van der Waals surface area contributed by atoms with Gasteiger partial charge in [-0.1, -0.05) is 72.8 Å². The maximum Gasteiger partial charge on any atom is 0.0787 e. The van der Waals surface area contributed by atoms with E-state index < -0.39 is 4.87 Å². The zero-order valence-corrected chi connectivity index (χ0v) is 15.6. The molecule has 0 amide bonds. The second-order valence-corrected chi connectivity index (χ2v) is 6.96. The van der Waals surface area contributed by atoms with Crippen molar-refractivity contribution in [3.05, 3.63) is 82.9 Å². The maximum atomic E-state index is 7.16. The molecule has 114 valence electrons. The average Bonchev–Trinajstić information content (AvgIpc) is 3.19. The summed E-state index contributed by atoms with van der Waals surface area (Å²) in [5, 5.41) is 0. The molecule has 23 heavy (non-hydrogen) atoms. The average molecular weight is 375 g/mol. The standard InChI is InChI=1S/C20H16Cl2.Ti/c21-13-20(22,18-11-9-14-5-1-3-7-16(14)18)19-12-10-15-6-2-4-8-17(15)19;/h1-12,18-19H,13H2;. The minimum Gasteiger partial charge on any atom is -0.125 e. The summed E-state index contributed by atoms with van der Waals surface area (Å²) in [4.78, 5) is -0.548. The van der Waals surface area contributed by atoms with E-state index in [1.165, 1.54) is 22.3 Å². The van der Waals surface area contributed by atoms with Crippen LogP contribution in [0.15, 0.2) is 60.7 Å². The van der Waals surface area contributed by atoms with Gasteiger partial charge in [0.2, 0.25) is 0 Å². The second-order valence-electron chi connectivity index (χ2n) is 5.99. The van der Waals surface area contributed by atoms with Gasteiger partial charge in [0.25, 0.3) is 0 Å². The molecule has 2 unspecified atom stereocenters. The van der Waals surface area contributed by atoms with Crippen LogP contribution in [0.5, 0.6) is 0 Å². The van der Waals surface area contributed by atoms with Gasteiger partial charge in [0.15, 0.2) is 0 Å². The van der Waals surface area contributed by atoms with Crippen LogP contribution >= 0.6 is 23.2 Å². The molecule has 0 spiro atoms. The Morgan fingerprint density at radius 2 is 1.22 bits per heavy atom. The molecular formula is C20H16Cl2Ti. The van der Waals surface area contributed by atoms with Crippen LogP contribution in [0.4, 0.5) is 0 Å². The van der Waals surface area contributed by atoms with Crippen LogP contribution in [0.25, 0.3) is 12.2 Å². The van der Waals surface area contributed by atoms with Gasteiger partial charge in [0, 0.05) is 39.4 Å². The predicted octanol–water partition coefficient (Wildman–Crippen LogP) is 5.82. The van der Waals surface area contributed by atoms with Crippen LogP contribution in [0.3, 0.4) is 0 Å². The van der Waals surface area contributed by atoms with Crippen LogP contribution in [-0.2, 0) is 21.7 Å². The van der Waals surface area contributed by atoms with Crippen molar-refractivity contribution in [2.24, 2.45) is 0 Å². The third-order valence-electron chi connectivity index (χ3n) is 4.84. The zero-order valence-electron chi connectivity index (χ0n) is 12.5. The summed E-state index contributed by atoms with van der Waals surface area (Å²) in [7, 11) is 0. The largest absolute Gasteiger partial charge is 0.125 e. The number of fused-ring (bicyclic) bond motifs is 2. The fraction of sp³-hybridized carbons (Fsp3) is 0.200. The van der Waals surface area contributed by atoms with E-state index in [4.69, 9.17) is 23.2 Å². The summed E-state index contributed by atoms with van der Waals surface area (Å²) in [5.74, 6) is 0.661. The van der Waals surface area contributed by atoms with Crippen molar-refractivity contribution in [1.29, 1.82) is 0 Å². The first kappa shape index (κ1) is 17.1. The van der Waals surface area contributed by atoms with E-state index in [0.717, 1.165) is 0 Å². The smallest absolute Gasteiger partial charge is 0.0787 e. The van der Waals surface area contributed by atoms with E-state index in [1.807, 2.05) is 0 Å². The number of allylic oxidation sites excluding steroid dienone is 2. The molecule has 2 aromatic carbocycles. The summed E-state index contributed by atoms with van der Waals surface area (Å²) in [6.45, 7) is 0. The Bertz CT molecular complexity index is 717. The molecule has 0 saturated heterocycles. The zero-order chi connectivity index (χ0) is 15.2. The molecule has 0 heterocycles. The van der Waals surface area contributed by atoms with Crippen molar-refractivity contribution in [2.45, 2.75) is 16.7 Å². The monoisotopic (exact) mass is 374 g/mol. The molecular weight excluding hydrogens is 359 g/mol. The summed E-state index contributed by atoms with van der Waals surface area (Å²) < 4.78 is 0. The van der Waals surface area contributed by atoms with Gasteiger partial charge < -0.3 is 0 Å². The third-order valence-corrected chi connectivity index (χ3v) is 6.02. The van der Waals surface area contributed by atoms with Gasteiger partial charge in [-0.2, -0.15) is 0 Å². The van der Waals surface area contributed by atoms with E-state index in [1.54, 1.807) is 0 Å². The molecule has 0 aliphatic heterocycles. The van der Waals surface area contributed by atoms with Gasteiger partial charge in [0.1, 0.15) is 0 Å². The first-order chi connectivity index (χ1) is 10.7. The van der Waals surface area contributed by atoms with Crippen LogP contribution in [0, 0.1) is 0 Å². The SMILES string of the molecule is ClCC(Cl)(C1C=Cc2ccccc21)C1C=Cc2ccccc21.[Ti]. The van der Waals surface area contributed by atoms with Gasteiger partial charge in [0.05, 0.1) is 4.87 Å². The number of benzene rings is 2. The molecule has 0 nitrogen and oxygen atoms in total. The molecule has 0 saturated carbocycles. The molecule has 2 aliphatic carbocycles. The maximum absolute atomic E-state index is 7.16. The molecule has 0 aromatic heterocycles. The quantitative estimate of drug-likeness (QED) is 0.468. The first-order valence-corrected chi connectivity index (χ1v) is 8.44. The topological polar surface area (TPSA) is 0 Å². The van der Waals surface area contributed by atoms with E-state index in [0.29, 0.717) is 5.88 Å². The van der Waals surface area contributed by atoms with Gasteiger partial charge in [-0.3, -0.25) is 0 Å². The predicted molar refractivity (Wildman–Crippen MR) is 95.7 cm³/mol. The minimum atomic E-state index is -0.548. The minimum absolute atomic E-state index is 0. The Hall–Kier alpha value is -0.786. The van der Waals surface area contributed by atoms with Crippen molar-refractivity contribution in [2.75, 3.05) is 5.88 Å². The molecule has 2 aliphatic rings. The normalized spacial score (nSPS) is 23.0. The molecule has 2 atom stereocenters. The molecule has 2 aromatic rings. The third kappa shape index (κ3) is 2.66. The Balaban J connectivity index is 0.00000156. The fourth-order valence-electron chi connectivity index (χ4n) is 3.70. The number of hydrogen-bond acceptors (Lipinski definition) is 0. The number of hydrogen-bond donors (Lipinski definition) is 0. The molecule has 3 heteroatoms. The van der Waals surface area contributed by atoms with Crippen LogP contribution in [0.2, 0.25) is 0 Å². The molecule has 4 rings (SSSR count). The van der Waals surface area contributed by atoms with E-state index in [2.05, 4.69) is 72.8 Å². The Morgan fingerprint density at radius 1 is 0.783 bits per heavy atom. The van der Waals surface area contributed by atoms with Crippen molar-refractivity contribution in [3.8, 4) is 0 Å². The van der Waals surface area contributed by atoms with Gasteiger partial charge >= 0.3 is 0 Å². The summed E-state index contributed by atoms with van der Waals surface area (Å²) >= 11 is 13.6. The van der Waals surface area contributed by atoms with Crippen LogP contribution < -0.4 is 0 Å². The number of halogens is 2. The summed E-state index contributed by atoms with van der Waals surface area (Å²) in [6, 6.07) is 16.9. The molecule has 0 N–H and O–H groups in total. The van der Waals surface area contributed by atoms with E-state index >= 15 is 0 Å². The summed E-state index contributed by atoms with van der Waals surface area (Å²) in [6.07, 6.45) is 8.73. The van der Waals surface area contributed by atoms with Crippen LogP contribution in [0.1, 0.15) is 34.1 Å². The Kier molecular flexibility index (Phi) is 4.90. The second kappa shape index (κ2) is 6.61. The van der Waals surface area contributed by atoms with Gasteiger partial charge in [-0.25, -0.2) is 0 Å². The van der Waals surface area contributed by atoms with Crippen molar-refractivity contribution in [3.63, 3.8) is 0 Å². The number of alkyl halides is 2. The number of rotatable bonds is 3. The van der Waals surface area contributed by atoms with Crippen molar-refractivity contribution >= 4 is 35.4 Å². The first-order valence-electron chi connectivity index (χ1n) is 7.53. The fourth-order valence-corrected chi connectivity index (χ4v) is 4.41.